The lowest BCUT2D eigenvalue weighted by Gasteiger charge is -2.16. The first-order valence-electron chi connectivity index (χ1n) is 6.35. The Morgan fingerprint density at radius 1 is 1.32 bits per heavy atom. The van der Waals surface area contributed by atoms with Crippen molar-refractivity contribution < 1.29 is 23.5 Å². The number of carbonyl (C=O) groups excluding carboxylic acids is 2. The van der Waals surface area contributed by atoms with Gasteiger partial charge in [0.05, 0.1) is 7.11 Å². The van der Waals surface area contributed by atoms with E-state index in [2.05, 4.69) is 4.74 Å². The first-order chi connectivity index (χ1) is 8.97. The van der Waals surface area contributed by atoms with Gasteiger partial charge >= 0.3 is 11.9 Å². The Morgan fingerprint density at radius 2 is 2.00 bits per heavy atom. The van der Waals surface area contributed by atoms with Gasteiger partial charge in [-0.25, -0.2) is 9.59 Å². The Morgan fingerprint density at radius 3 is 2.47 bits per heavy atom. The van der Waals surface area contributed by atoms with Crippen molar-refractivity contribution in [3.8, 4) is 0 Å². The van der Waals surface area contributed by atoms with Crippen molar-refractivity contribution in [3.05, 3.63) is 23.7 Å². The molecule has 19 heavy (non-hydrogen) atoms. The minimum absolute atomic E-state index is 0.106. The Bertz CT molecular complexity index is 433. The molecular formula is C14H20O5. The van der Waals surface area contributed by atoms with Crippen LogP contribution in [0.3, 0.4) is 0 Å². The minimum Gasteiger partial charge on any atom is -0.466 e. The van der Waals surface area contributed by atoms with E-state index in [1.807, 2.05) is 20.8 Å². The number of ether oxygens (including phenoxy) is 2. The van der Waals surface area contributed by atoms with Gasteiger partial charge in [0.1, 0.15) is 5.76 Å². The topological polar surface area (TPSA) is 65.7 Å². The highest BCUT2D eigenvalue weighted by Crippen LogP contribution is 2.15. The zero-order valence-corrected chi connectivity index (χ0v) is 11.8. The van der Waals surface area contributed by atoms with Crippen LogP contribution in [0.5, 0.6) is 0 Å². The molecule has 1 unspecified atom stereocenters. The Labute approximate surface area is 112 Å². The van der Waals surface area contributed by atoms with E-state index in [-0.39, 0.29) is 11.7 Å². The van der Waals surface area contributed by atoms with Crippen LogP contribution in [0.25, 0.3) is 0 Å². The molecule has 0 spiro atoms. The van der Waals surface area contributed by atoms with Crippen LogP contribution in [0.1, 0.15) is 43.5 Å². The molecule has 0 N–H and O–H groups in total. The largest absolute Gasteiger partial charge is 0.466 e. The molecule has 0 aromatic carbocycles. The fourth-order valence-corrected chi connectivity index (χ4v) is 1.62. The summed E-state index contributed by atoms with van der Waals surface area (Å²) in [5, 5.41) is 0. The maximum absolute atomic E-state index is 11.9. The second-order valence-electron chi connectivity index (χ2n) is 4.67. The average Bonchev–Trinajstić information content (AvgIpc) is 2.85. The number of hydrogen-bond acceptors (Lipinski definition) is 5. The first-order valence-corrected chi connectivity index (χ1v) is 6.35. The lowest BCUT2D eigenvalue weighted by molar-refractivity contribution is -0.151. The summed E-state index contributed by atoms with van der Waals surface area (Å²) in [5.41, 5.74) is 0. The van der Waals surface area contributed by atoms with Gasteiger partial charge in [0.2, 0.25) is 5.76 Å². The van der Waals surface area contributed by atoms with E-state index >= 15 is 0 Å². The highest BCUT2D eigenvalue weighted by atomic mass is 16.6. The maximum Gasteiger partial charge on any atom is 0.375 e. The maximum atomic E-state index is 11.9. The lowest BCUT2D eigenvalue weighted by atomic mass is 10.1. The zero-order chi connectivity index (χ0) is 14.4. The molecular weight excluding hydrogens is 248 g/mol. The normalized spacial score (nSPS) is 12.3. The predicted molar refractivity (Wildman–Crippen MR) is 68.8 cm³/mol. The summed E-state index contributed by atoms with van der Waals surface area (Å²) in [6.45, 7) is 5.79. The van der Waals surface area contributed by atoms with E-state index < -0.39 is 18.0 Å². The lowest BCUT2D eigenvalue weighted by Crippen LogP contribution is -2.29. The van der Waals surface area contributed by atoms with Gasteiger partial charge in [-0.3, -0.25) is 0 Å². The SMILES string of the molecule is CCc1ccc(C(=O)OC(CC(C)C)C(=O)OC)o1. The second kappa shape index (κ2) is 6.97. The third-order valence-electron chi connectivity index (χ3n) is 2.61. The monoisotopic (exact) mass is 268 g/mol. The second-order valence-corrected chi connectivity index (χ2v) is 4.67. The van der Waals surface area contributed by atoms with E-state index in [1.165, 1.54) is 7.11 Å². The summed E-state index contributed by atoms with van der Waals surface area (Å²) in [5.74, 6) is -0.181. The number of carbonyl (C=O) groups is 2. The zero-order valence-electron chi connectivity index (χ0n) is 11.8. The summed E-state index contributed by atoms with van der Waals surface area (Å²) < 4.78 is 15.1. The molecule has 1 aromatic heterocycles. The van der Waals surface area contributed by atoms with Gasteiger partial charge in [0, 0.05) is 6.42 Å². The van der Waals surface area contributed by atoms with Gasteiger partial charge in [-0.05, 0) is 24.5 Å². The van der Waals surface area contributed by atoms with Crippen LogP contribution in [0.4, 0.5) is 0 Å². The fraction of sp³-hybridized carbons (Fsp3) is 0.571. The van der Waals surface area contributed by atoms with Crippen LogP contribution >= 0.6 is 0 Å². The molecule has 0 aliphatic heterocycles. The number of esters is 2. The Hall–Kier alpha value is -1.78. The van der Waals surface area contributed by atoms with Crippen LogP contribution in [0.15, 0.2) is 16.5 Å². The van der Waals surface area contributed by atoms with Gasteiger partial charge in [-0.15, -0.1) is 0 Å². The molecule has 1 rings (SSSR count). The molecule has 1 heterocycles. The standard InChI is InChI=1S/C14H20O5/c1-5-10-6-7-11(18-10)14(16)19-12(8-9(2)3)13(15)17-4/h6-7,9,12H,5,8H2,1-4H3. The van der Waals surface area contributed by atoms with E-state index in [9.17, 15) is 9.59 Å². The molecule has 1 aromatic rings. The van der Waals surface area contributed by atoms with Crippen molar-refractivity contribution in [3.63, 3.8) is 0 Å². The van der Waals surface area contributed by atoms with Gasteiger partial charge in [-0.1, -0.05) is 20.8 Å². The molecule has 5 heteroatoms. The molecule has 106 valence electrons. The Balaban J connectivity index is 2.72. The predicted octanol–water partition coefficient (Wildman–Crippen LogP) is 2.59. The molecule has 0 aliphatic carbocycles. The quantitative estimate of drug-likeness (QED) is 0.742. The summed E-state index contributed by atoms with van der Waals surface area (Å²) in [6, 6.07) is 3.26. The number of methoxy groups -OCH3 is 1. The van der Waals surface area contributed by atoms with Crippen molar-refractivity contribution in [1.82, 2.24) is 0 Å². The smallest absolute Gasteiger partial charge is 0.375 e. The summed E-state index contributed by atoms with van der Waals surface area (Å²) in [6.07, 6.45) is 0.215. The third kappa shape index (κ3) is 4.43. The Kier molecular flexibility index (Phi) is 5.60. The number of aryl methyl sites for hydroxylation is 1. The number of hydrogen-bond donors (Lipinski definition) is 0. The van der Waals surface area contributed by atoms with E-state index in [1.54, 1.807) is 12.1 Å². The number of furan rings is 1. The van der Waals surface area contributed by atoms with Crippen molar-refractivity contribution in [2.45, 2.75) is 39.7 Å². The van der Waals surface area contributed by atoms with E-state index in [0.717, 1.165) is 0 Å². The van der Waals surface area contributed by atoms with Gasteiger partial charge in [-0.2, -0.15) is 0 Å². The average molecular weight is 268 g/mol. The van der Waals surface area contributed by atoms with Crippen molar-refractivity contribution in [2.24, 2.45) is 5.92 Å². The van der Waals surface area contributed by atoms with Crippen LogP contribution < -0.4 is 0 Å². The molecule has 5 nitrogen and oxygen atoms in total. The molecule has 0 bridgehead atoms. The van der Waals surface area contributed by atoms with E-state index in [0.29, 0.717) is 18.6 Å². The van der Waals surface area contributed by atoms with Crippen molar-refractivity contribution in [2.75, 3.05) is 7.11 Å². The first kappa shape index (κ1) is 15.3. The molecule has 1 atom stereocenters. The van der Waals surface area contributed by atoms with Crippen molar-refractivity contribution in [1.29, 1.82) is 0 Å². The van der Waals surface area contributed by atoms with Crippen LogP contribution in [0, 0.1) is 5.92 Å². The molecule has 0 aliphatic rings. The molecule has 0 saturated heterocycles. The fourth-order valence-electron chi connectivity index (χ4n) is 1.62. The van der Waals surface area contributed by atoms with Gasteiger partial charge in [0.25, 0.3) is 0 Å². The van der Waals surface area contributed by atoms with Gasteiger partial charge in [0.15, 0.2) is 6.10 Å². The van der Waals surface area contributed by atoms with Crippen LogP contribution in [0.2, 0.25) is 0 Å². The molecule has 0 saturated carbocycles. The summed E-state index contributed by atoms with van der Waals surface area (Å²) in [4.78, 5) is 23.4. The van der Waals surface area contributed by atoms with Crippen LogP contribution in [-0.2, 0) is 20.7 Å². The van der Waals surface area contributed by atoms with Crippen LogP contribution in [-0.4, -0.2) is 25.2 Å². The minimum atomic E-state index is -0.896. The highest BCUT2D eigenvalue weighted by molar-refractivity contribution is 5.88. The molecule has 0 amide bonds. The van der Waals surface area contributed by atoms with Gasteiger partial charge < -0.3 is 13.9 Å². The third-order valence-corrected chi connectivity index (χ3v) is 2.61. The molecule has 0 radical (unpaired) electrons. The van der Waals surface area contributed by atoms with E-state index in [4.69, 9.17) is 9.15 Å². The summed E-state index contributed by atoms with van der Waals surface area (Å²) in [7, 11) is 1.27. The molecule has 0 fully saturated rings. The van der Waals surface area contributed by atoms with Crippen molar-refractivity contribution >= 4 is 11.9 Å². The number of rotatable bonds is 6. The highest BCUT2D eigenvalue weighted by Gasteiger charge is 2.26. The summed E-state index contributed by atoms with van der Waals surface area (Å²) >= 11 is 0.